The second kappa shape index (κ2) is 4.94. The molecule has 1 atom stereocenters. The molecule has 0 fully saturated rings. The third kappa shape index (κ3) is 2.18. The molecule has 1 aliphatic rings. The Labute approximate surface area is 108 Å². The third-order valence-electron chi connectivity index (χ3n) is 3.66. The van der Waals surface area contributed by atoms with E-state index in [4.69, 9.17) is 0 Å². The van der Waals surface area contributed by atoms with E-state index in [1.807, 2.05) is 6.07 Å². The highest BCUT2D eigenvalue weighted by molar-refractivity contribution is 5.42. The van der Waals surface area contributed by atoms with Gasteiger partial charge in [0.1, 0.15) is 5.65 Å². The lowest BCUT2D eigenvalue weighted by molar-refractivity contribution is 0.469. The third-order valence-corrected chi connectivity index (χ3v) is 3.66. The van der Waals surface area contributed by atoms with E-state index >= 15 is 0 Å². The number of hydrogen-bond acceptors (Lipinski definition) is 2. The molecule has 1 N–H and O–H groups in total. The first-order chi connectivity index (χ1) is 8.84. The zero-order chi connectivity index (χ0) is 12.4. The number of hydrogen-bond donors (Lipinski definition) is 1. The lowest BCUT2D eigenvalue weighted by atomic mass is 10.0. The van der Waals surface area contributed by atoms with Crippen molar-refractivity contribution in [2.75, 3.05) is 0 Å². The molecule has 3 nitrogen and oxygen atoms in total. The minimum Gasteiger partial charge on any atom is -0.308 e. The number of nitrogens with one attached hydrogen (secondary N) is 1. The predicted molar refractivity (Wildman–Crippen MR) is 73.5 cm³/mol. The van der Waals surface area contributed by atoms with E-state index in [0.717, 1.165) is 24.3 Å². The molecule has 2 aromatic heterocycles. The van der Waals surface area contributed by atoms with Crippen LogP contribution < -0.4 is 5.32 Å². The number of imidazole rings is 1. The molecule has 1 unspecified atom stereocenters. The van der Waals surface area contributed by atoms with Gasteiger partial charge in [-0.25, -0.2) is 4.98 Å². The zero-order valence-electron chi connectivity index (χ0n) is 10.8. The molecule has 0 saturated heterocycles. The monoisotopic (exact) mass is 241 g/mol. The Kier molecular flexibility index (Phi) is 3.15. The van der Waals surface area contributed by atoms with Gasteiger partial charge in [-0.15, -0.1) is 0 Å². The average molecular weight is 241 g/mol. The number of fused-ring (bicyclic) bond motifs is 1. The summed E-state index contributed by atoms with van der Waals surface area (Å²) in [5.41, 5.74) is 3.44. The van der Waals surface area contributed by atoms with Crippen LogP contribution in [0.5, 0.6) is 0 Å². The molecule has 3 heteroatoms. The van der Waals surface area contributed by atoms with Gasteiger partial charge in [-0.3, -0.25) is 0 Å². The second-order valence-corrected chi connectivity index (χ2v) is 4.94. The maximum atomic E-state index is 4.59. The maximum absolute atomic E-state index is 4.59. The molecular formula is C15H19N3. The summed E-state index contributed by atoms with van der Waals surface area (Å²) in [6.45, 7) is 2.99. The first-order valence-electron chi connectivity index (χ1n) is 6.65. The van der Waals surface area contributed by atoms with Crippen molar-refractivity contribution in [3.05, 3.63) is 47.9 Å². The smallest absolute Gasteiger partial charge is 0.137 e. The van der Waals surface area contributed by atoms with Gasteiger partial charge in [0.15, 0.2) is 0 Å². The van der Waals surface area contributed by atoms with Gasteiger partial charge in [0, 0.05) is 18.8 Å². The summed E-state index contributed by atoms with van der Waals surface area (Å²) in [7, 11) is 0. The van der Waals surface area contributed by atoms with Gasteiger partial charge in [-0.1, -0.05) is 18.2 Å². The first kappa shape index (κ1) is 11.5. The molecule has 0 aromatic carbocycles. The Bertz CT molecular complexity index is 568. The summed E-state index contributed by atoms with van der Waals surface area (Å²) in [4.78, 5) is 4.59. The summed E-state index contributed by atoms with van der Waals surface area (Å²) in [6.07, 6.45) is 10.2. The molecule has 94 valence electrons. The lowest BCUT2D eigenvalue weighted by Gasteiger charge is -2.19. The van der Waals surface area contributed by atoms with Gasteiger partial charge in [0.25, 0.3) is 0 Å². The molecule has 18 heavy (non-hydrogen) atoms. The van der Waals surface area contributed by atoms with E-state index in [2.05, 4.69) is 52.1 Å². The molecule has 0 amide bonds. The van der Waals surface area contributed by atoms with Crippen molar-refractivity contribution in [3.8, 4) is 0 Å². The van der Waals surface area contributed by atoms with Crippen LogP contribution in [0.3, 0.4) is 0 Å². The summed E-state index contributed by atoms with van der Waals surface area (Å²) in [6, 6.07) is 6.76. The summed E-state index contributed by atoms with van der Waals surface area (Å²) in [5, 5.41) is 3.64. The highest BCUT2D eigenvalue weighted by Gasteiger charge is 2.12. The van der Waals surface area contributed by atoms with E-state index in [0.29, 0.717) is 6.04 Å². The Balaban J connectivity index is 1.77. The summed E-state index contributed by atoms with van der Waals surface area (Å²) in [5.74, 6) is 0. The number of aryl methyl sites for hydroxylation is 1. The van der Waals surface area contributed by atoms with Crippen LogP contribution in [0.4, 0.5) is 0 Å². The molecule has 0 radical (unpaired) electrons. The van der Waals surface area contributed by atoms with E-state index < -0.39 is 0 Å². The predicted octanol–water partition coefficient (Wildman–Crippen LogP) is 2.84. The van der Waals surface area contributed by atoms with Crippen LogP contribution >= 0.6 is 0 Å². The van der Waals surface area contributed by atoms with Crippen molar-refractivity contribution < 1.29 is 0 Å². The molecule has 0 saturated carbocycles. The van der Waals surface area contributed by atoms with Crippen LogP contribution in [0.1, 0.15) is 30.7 Å². The summed E-state index contributed by atoms with van der Waals surface area (Å²) < 4.78 is 2.18. The molecule has 0 spiro atoms. The number of aromatic nitrogens is 2. The number of nitrogens with zero attached hydrogens (tertiary/aromatic N) is 2. The van der Waals surface area contributed by atoms with Crippen LogP contribution in [0.2, 0.25) is 0 Å². The minimum atomic E-state index is 0.615. The van der Waals surface area contributed by atoms with Gasteiger partial charge in [0.05, 0.1) is 11.4 Å². The van der Waals surface area contributed by atoms with Gasteiger partial charge >= 0.3 is 0 Å². The largest absolute Gasteiger partial charge is 0.308 e. The Morgan fingerprint density at radius 1 is 1.39 bits per heavy atom. The number of allylic oxidation sites excluding steroid dienone is 1. The molecule has 0 bridgehead atoms. The SMILES string of the molecule is Cc1nc2ccccn2c1CNC1CC=CCC1. The normalized spacial score (nSPS) is 19.5. The quantitative estimate of drug-likeness (QED) is 0.837. The van der Waals surface area contributed by atoms with Gasteiger partial charge in [-0.05, 0) is 38.3 Å². The molecule has 1 aliphatic carbocycles. The standard InChI is InChI=1S/C15H19N3/c1-12-14(11-16-13-7-3-2-4-8-13)18-10-6-5-9-15(18)17-12/h2-3,5-6,9-10,13,16H,4,7-8,11H2,1H3. The topological polar surface area (TPSA) is 29.3 Å². The fourth-order valence-electron chi connectivity index (χ4n) is 2.60. The van der Waals surface area contributed by atoms with Crippen LogP contribution in [0.25, 0.3) is 5.65 Å². The van der Waals surface area contributed by atoms with Crippen LogP contribution in [0.15, 0.2) is 36.5 Å². The van der Waals surface area contributed by atoms with E-state index in [9.17, 15) is 0 Å². The van der Waals surface area contributed by atoms with Crippen molar-refractivity contribution in [1.82, 2.24) is 14.7 Å². The molecule has 2 aromatic rings. The van der Waals surface area contributed by atoms with Crippen LogP contribution in [-0.4, -0.2) is 15.4 Å². The van der Waals surface area contributed by atoms with Crippen molar-refractivity contribution in [2.24, 2.45) is 0 Å². The zero-order valence-corrected chi connectivity index (χ0v) is 10.8. The molecular weight excluding hydrogens is 222 g/mol. The lowest BCUT2D eigenvalue weighted by Crippen LogP contribution is -2.29. The molecule has 2 heterocycles. The minimum absolute atomic E-state index is 0.615. The molecule has 3 rings (SSSR count). The maximum Gasteiger partial charge on any atom is 0.137 e. The van der Waals surface area contributed by atoms with Gasteiger partial charge < -0.3 is 9.72 Å². The first-order valence-corrected chi connectivity index (χ1v) is 6.65. The van der Waals surface area contributed by atoms with Crippen molar-refractivity contribution >= 4 is 5.65 Å². The Morgan fingerprint density at radius 3 is 3.17 bits per heavy atom. The summed E-state index contributed by atoms with van der Waals surface area (Å²) >= 11 is 0. The van der Waals surface area contributed by atoms with Crippen molar-refractivity contribution in [1.29, 1.82) is 0 Å². The fraction of sp³-hybridized carbons (Fsp3) is 0.400. The average Bonchev–Trinajstić information content (AvgIpc) is 2.73. The van der Waals surface area contributed by atoms with Crippen LogP contribution in [-0.2, 0) is 6.54 Å². The highest BCUT2D eigenvalue weighted by atomic mass is 15.0. The second-order valence-electron chi connectivity index (χ2n) is 4.94. The Hall–Kier alpha value is -1.61. The molecule has 0 aliphatic heterocycles. The van der Waals surface area contributed by atoms with Gasteiger partial charge in [0.2, 0.25) is 0 Å². The Morgan fingerprint density at radius 2 is 2.33 bits per heavy atom. The number of pyridine rings is 1. The van der Waals surface area contributed by atoms with Crippen molar-refractivity contribution in [3.63, 3.8) is 0 Å². The highest BCUT2D eigenvalue weighted by Crippen LogP contribution is 2.14. The van der Waals surface area contributed by atoms with Crippen LogP contribution in [0, 0.1) is 6.92 Å². The van der Waals surface area contributed by atoms with E-state index in [1.54, 1.807) is 0 Å². The number of rotatable bonds is 3. The van der Waals surface area contributed by atoms with Gasteiger partial charge in [-0.2, -0.15) is 0 Å². The fourth-order valence-corrected chi connectivity index (χ4v) is 2.60. The van der Waals surface area contributed by atoms with E-state index in [-0.39, 0.29) is 0 Å². The van der Waals surface area contributed by atoms with E-state index in [1.165, 1.54) is 18.5 Å². The van der Waals surface area contributed by atoms with Crippen molar-refractivity contribution in [2.45, 2.75) is 38.8 Å².